The fourth-order valence-corrected chi connectivity index (χ4v) is 4.40. The molecule has 6 heteroatoms. The summed E-state index contributed by atoms with van der Waals surface area (Å²) < 4.78 is 13.4. The second kappa shape index (κ2) is 7.95. The molecule has 2 aromatic carbocycles. The van der Waals surface area contributed by atoms with E-state index in [4.69, 9.17) is 4.98 Å². The highest BCUT2D eigenvalue weighted by Crippen LogP contribution is 2.33. The first-order valence-electron chi connectivity index (χ1n) is 10.5. The number of hydrogen-bond donors (Lipinski definition) is 1. The maximum atomic E-state index is 13.4. The van der Waals surface area contributed by atoms with Gasteiger partial charge in [0, 0.05) is 53.4 Å². The third kappa shape index (κ3) is 3.81. The minimum atomic E-state index is -0.271. The molecule has 5 rings (SSSR count). The number of aromatic nitrogens is 3. The highest BCUT2D eigenvalue weighted by molar-refractivity contribution is 5.98. The Labute approximate surface area is 180 Å². The molecule has 0 bridgehead atoms. The summed E-state index contributed by atoms with van der Waals surface area (Å²) in [7, 11) is 0. The van der Waals surface area contributed by atoms with Crippen molar-refractivity contribution in [1.29, 1.82) is 0 Å². The lowest BCUT2D eigenvalue weighted by Crippen LogP contribution is -2.39. The molecule has 0 radical (unpaired) electrons. The Bertz CT molecular complexity index is 1250. The van der Waals surface area contributed by atoms with E-state index in [2.05, 4.69) is 9.97 Å². The Morgan fingerprint density at radius 1 is 1.16 bits per heavy atom. The predicted molar refractivity (Wildman–Crippen MR) is 118 cm³/mol. The van der Waals surface area contributed by atoms with Crippen molar-refractivity contribution < 1.29 is 9.18 Å². The number of aromatic amines is 1. The topological polar surface area (TPSA) is 61.9 Å². The van der Waals surface area contributed by atoms with E-state index < -0.39 is 0 Å². The standard InChI is InChI=1S/C25H23FN4O/c1-16-28-14-22(17-4-7-21(26)8-5-17)24(29-16)20-3-2-12-30(15-20)25(31)19-6-9-23-18(13-19)10-11-27-23/h4-11,13-14,20,27H,2-3,12,15H2,1H3/t20-/m0/s1. The van der Waals surface area contributed by atoms with Crippen molar-refractivity contribution in [3.63, 3.8) is 0 Å². The number of nitrogens with zero attached hydrogens (tertiary/aromatic N) is 3. The SMILES string of the molecule is Cc1ncc(-c2ccc(F)cc2)c([C@H]2CCCN(C(=O)c3ccc4[nH]ccc4c3)C2)n1. The van der Waals surface area contributed by atoms with Crippen molar-refractivity contribution in [3.8, 4) is 11.1 Å². The van der Waals surface area contributed by atoms with Gasteiger partial charge in [0.2, 0.25) is 0 Å². The van der Waals surface area contributed by atoms with Crippen LogP contribution in [0.1, 0.15) is 40.6 Å². The predicted octanol–water partition coefficient (Wildman–Crippen LogP) is 5.09. The van der Waals surface area contributed by atoms with Crippen molar-refractivity contribution in [2.45, 2.75) is 25.7 Å². The number of hydrogen-bond acceptors (Lipinski definition) is 3. The molecule has 156 valence electrons. The molecule has 3 heterocycles. The molecule has 31 heavy (non-hydrogen) atoms. The van der Waals surface area contributed by atoms with Crippen LogP contribution in [-0.4, -0.2) is 38.8 Å². The van der Waals surface area contributed by atoms with Gasteiger partial charge in [0.1, 0.15) is 11.6 Å². The maximum absolute atomic E-state index is 13.4. The molecule has 1 amide bonds. The first kappa shape index (κ1) is 19.4. The minimum absolute atomic E-state index is 0.0434. The molecule has 4 aromatic rings. The third-order valence-electron chi connectivity index (χ3n) is 5.99. The Hall–Kier alpha value is -3.54. The van der Waals surface area contributed by atoms with Gasteiger partial charge >= 0.3 is 0 Å². The Morgan fingerprint density at radius 2 is 2.00 bits per heavy atom. The van der Waals surface area contributed by atoms with Gasteiger partial charge in [0.25, 0.3) is 5.91 Å². The number of halogens is 1. The molecule has 1 aliphatic heterocycles. The number of rotatable bonds is 3. The van der Waals surface area contributed by atoms with Gasteiger partial charge in [-0.3, -0.25) is 4.79 Å². The third-order valence-corrected chi connectivity index (χ3v) is 5.99. The van der Waals surface area contributed by atoms with Crippen LogP contribution in [-0.2, 0) is 0 Å². The van der Waals surface area contributed by atoms with Gasteiger partial charge < -0.3 is 9.88 Å². The largest absolute Gasteiger partial charge is 0.361 e. The van der Waals surface area contributed by atoms with Gasteiger partial charge in [-0.1, -0.05) is 12.1 Å². The van der Waals surface area contributed by atoms with Crippen LogP contribution in [0.25, 0.3) is 22.0 Å². The number of nitrogens with one attached hydrogen (secondary N) is 1. The molecule has 1 N–H and O–H groups in total. The van der Waals surface area contributed by atoms with E-state index in [1.165, 1.54) is 12.1 Å². The highest BCUT2D eigenvalue weighted by Gasteiger charge is 2.28. The molecule has 0 spiro atoms. The molecule has 0 aliphatic carbocycles. The van der Waals surface area contributed by atoms with Crippen LogP contribution in [0.2, 0.25) is 0 Å². The Kier molecular flexibility index (Phi) is 4.98. The number of fused-ring (bicyclic) bond motifs is 1. The lowest BCUT2D eigenvalue weighted by molar-refractivity contribution is 0.0706. The molecular formula is C25H23FN4O. The zero-order valence-corrected chi connectivity index (χ0v) is 17.3. The molecule has 1 fully saturated rings. The van der Waals surface area contributed by atoms with Crippen LogP contribution in [0.5, 0.6) is 0 Å². The number of benzene rings is 2. The van der Waals surface area contributed by atoms with E-state index in [9.17, 15) is 9.18 Å². The molecule has 2 aromatic heterocycles. The van der Waals surface area contributed by atoms with Crippen molar-refractivity contribution in [3.05, 3.63) is 83.8 Å². The van der Waals surface area contributed by atoms with Gasteiger partial charge in [-0.25, -0.2) is 14.4 Å². The minimum Gasteiger partial charge on any atom is -0.361 e. The normalized spacial score (nSPS) is 16.6. The fourth-order valence-electron chi connectivity index (χ4n) is 4.40. The summed E-state index contributed by atoms with van der Waals surface area (Å²) in [5, 5.41) is 1.03. The van der Waals surface area contributed by atoms with Gasteiger partial charge in [-0.05, 0) is 61.7 Å². The molecular weight excluding hydrogens is 391 g/mol. The quantitative estimate of drug-likeness (QED) is 0.508. The lowest BCUT2D eigenvalue weighted by atomic mass is 9.89. The van der Waals surface area contributed by atoms with Gasteiger partial charge in [0.05, 0.1) is 5.69 Å². The van der Waals surface area contributed by atoms with Crippen LogP contribution in [0.15, 0.2) is 60.9 Å². The number of H-pyrrole nitrogens is 1. The van der Waals surface area contributed by atoms with Crippen molar-refractivity contribution in [2.75, 3.05) is 13.1 Å². The van der Waals surface area contributed by atoms with Crippen molar-refractivity contribution >= 4 is 16.8 Å². The average molecular weight is 414 g/mol. The summed E-state index contributed by atoms with van der Waals surface area (Å²) in [6.45, 7) is 3.21. The van der Waals surface area contributed by atoms with Crippen LogP contribution in [0.4, 0.5) is 4.39 Å². The first-order chi connectivity index (χ1) is 15.1. The molecule has 0 saturated carbocycles. The van der Waals surface area contributed by atoms with Crippen LogP contribution >= 0.6 is 0 Å². The maximum Gasteiger partial charge on any atom is 0.253 e. The number of aryl methyl sites for hydroxylation is 1. The van der Waals surface area contributed by atoms with Crippen LogP contribution < -0.4 is 0 Å². The van der Waals surface area contributed by atoms with E-state index in [1.807, 2.05) is 48.5 Å². The summed E-state index contributed by atoms with van der Waals surface area (Å²) in [6, 6.07) is 14.2. The molecule has 5 nitrogen and oxygen atoms in total. The Morgan fingerprint density at radius 3 is 2.84 bits per heavy atom. The highest BCUT2D eigenvalue weighted by atomic mass is 19.1. The molecule has 0 unspecified atom stereocenters. The van der Waals surface area contributed by atoms with Crippen molar-refractivity contribution in [2.24, 2.45) is 0 Å². The number of amides is 1. The number of likely N-dealkylation sites (tertiary alicyclic amines) is 1. The monoisotopic (exact) mass is 414 g/mol. The van der Waals surface area contributed by atoms with E-state index in [0.717, 1.165) is 47.1 Å². The summed E-state index contributed by atoms with van der Waals surface area (Å²) in [5.74, 6) is 0.576. The fraction of sp³-hybridized carbons (Fsp3) is 0.240. The first-order valence-corrected chi connectivity index (χ1v) is 10.5. The second-order valence-corrected chi connectivity index (χ2v) is 8.09. The number of carbonyl (C=O) groups is 1. The summed E-state index contributed by atoms with van der Waals surface area (Å²) in [5.41, 5.74) is 4.44. The van der Waals surface area contributed by atoms with E-state index in [0.29, 0.717) is 17.9 Å². The lowest BCUT2D eigenvalue weighted by Gasteiger charge is -2.33. The molecule has 1 atom stereocenters. The van der Waals surface area contributed by atoms with E-state index in [-0.39, 0.29) is 17.6 Å². The van der Waals surface area contributed by atoms with Gasteiger partial charge in [0.15, 0.2) is 0 Å². The number of carbonyl (C=O) groups excluding carboxylic acids is 1. The second-order valence-electron chi connectivity index (χ2n) is 8.09. The summed E-state index contributed by atoms with van der Waals surface area (Å²) in [4.78, 5) is 27.4. The summed E-state index contributed by atoms with van der Waals surface area (Å²) >= 11 is 0. The smallest absolute Gasteiger partial charge is 0.253 e. The molecule has 1 saturated heterocycles. The van der Waals surface area contributed by atoms with E-state index in [1.54, 1.807) is 12.1 Å². The Balaban J connectivity index is 1.44. The van der Waals surface area contributed by atoms with Crippen LogP contribution in [0.3, 0.4) is 0 Å². The average Bonchev–Trinajstić information content (AvgIpc) is 3.27. The van der Waals surface area contributed by atoms with Crippen molar-refractivity contribution in [1.82, 2.24) is 19.9 Å². The van der Waals surface area contributed by atoms with Gasteiger partial charge in [-0.2, -0.15) is 0 Å². The van der Waals surface area contributed by atoms with Crippen LogP contribution in [0, 0.1) is 12.7 Å². The number of piperidine rings is 1. The zero-order chi connectivity index (χ0) is 21.4. The van der Waals surface area contributed by atoms with Gasteiger partial charge in [-0.15, -0.1) is 0 Å². The van der Waals surface area contributed by atoms with E-state index >= 15 is 0 Å². The zero-order valence-electron chi connectivity index (χ0n) is 17.3. The summed E-state index contributed by atoms with van der Waals surface area (Å²) in [6.07, 6.45) is 5.55. The molecule has 1 aliphatic rings.